The molecule has 1 spiro atoms. The summed E-state index contributed by atoms with van der Waals surface area (Å²) in [6, 6.07) is 5.62. The minimum absolute atomic E-state index is 0.0501. The van der Waals surface area contributed by atoms with Gasteiger partial charge in [-0.15, -0.1) is 0 Å². The lowest BCUT2D eigenvalue weighted by molar-refractivity contribution is 0.0145. The molecule has 0 radical (unpaired) electrons. The van der Waals surface area contributed by atoms with E-state index >= 15 is 0 Å². The van der Waals surface area contributed by atoms with E-state index in [1.807, 2.05) is 25.5 Å². The summed E-state index contributed by atoms with van der Waals surface area (Å²) in [7, 11) is -2.25. The van der Waals surface area contributed by atoms with E-state index in [1.165, 1.54) is 31.3 Å². The van der Waals surface area contributed by atoms with Gasteiger partial charge in [0.1, 0.15) is 0 Å². The van der Waals surface area contributed by atoms with Crippen molar-refractivity contribution in [1.82, 2.24) is 19.8 Å². The number of ether oxygens (including phenoxy) is 2. The predicted molar refractivity (Wildman–Crippen MR) is 137 cm³/mol. The van der Waals surface area contributed by atoms with Crippen LogP contribution in [0.5, 0.6) is 0 Å². The van der Waals surface area contributed by atoms with Crippen molar-refractivity contribution in [3.63, 3.8) is 0 Å². The Balaban J connectivity index is 1.50. The normalized spacial score (nSPS) is 17.7. The number of benzene rings is 1. The number of carbonyl (C=O) groups excluding carboxylic acids is 2. The second-order valence-corrected chi connectivity index (χ2v) is 12.6. The quantitative estimate of drug-likeness (QED) is 0.499. The van der Waals surface area contributed by atoms with Crippen molar-refractivity contribution in [2.24, 2.45) is 10.8 Å². The van der Waals surface area contributed by atoms with E-state index in [9.17, 15) is 18.0 Å². The number of carbonyl (C=O) groups is 2. The Morgan fingerprint density at radius 2 is 1.92 bits per heavy atom. The zero-order valence-electron chi connectivity index (χ0n) is 21.9. The Hall–Kier alpha value is -2.76. The maximum absolute atomic E-state index is 13.1. The highest BCUT2D eigenvalue weighted by Crippen LogP contribution is 2.38. The van der Waals surface area contributed by atoms with Gasteiger partial charge in [-0.2, -0.15) is 5.10 Å². The standard InChI is InChI=1S/C26H36N4O6S/c1-5-20-22-21(14-26(15-28-23(22)31)10-12-35-13-11-26)30(29-20)16-25(2,3)17-36-24(32)18-6-8-19(9-7-18)37(33,34)27-4/h6-9,27H,5,10-17H2,1-4H3,(H,28,31). The lowest BCUT2D eigenvalue weighted by Crippen LogP contribution is -2.41. The summed E-state index contributed by atoms with van der Waals surface area (Å²) >= 11 is 0. The van der Waals surface area contributed by atoms with Crippen molar-refractivity contribution in [3.05, 3.63) is 46.8 Å². The van der Waals surface area contributed by atoms with Crippen LogP contribution in [0.1, 0.15) is 65.7 Å². The third-order valence-electron chi connectivity index (χ3n) is 7.25. The van der Waals surface area contributed by atoms with Crippen LogP contribution in [0.3, 0.4) is 0 Å². The van der Waals surface area contributed by atoms with Crippen LogP contribution >= 0.6 is 0 Å². The number of amides is 1. The molecule has 0 bridgehead atoms. The highest BCUT2D eigenvalue weighted by Gasteiger charge is 2.40. The molecular weight excluding hydrogens is 496 g/mol. The number of hydrogen-bond acceptors (Lipinski definition) is 7. The molecule has 2 aliphatic heterocycles. The molecule has 0 aliphatic carbocycles. The van der Waals surface area contributed by atoms with Crippen LogP contribution < -0.4 is 10.0 Å². The molecule has 37 heavy (non-hydrogen) atoms. The lowest BCUT2D eigenvalue weighted by Gasteiger charge is -2.36. The number of sulfonamides is 1. The number of aromatic nitrogens is 2. The van der Waals surface area contributed by atoms with E-state index in [2.05, 4.69) is 10.0 Å². The fraction of sp³-hybridized carbons (Fsp3) is 0.577. The van der Waals surface area contributed by atoms with Gasteiger partial charge in [-0.3, -0.25) is 9.48 Å². The number of hydrogen-bond donors (Lipinski definition) is 2. The van der Waals surface area contributed by atoms with Gasteiger partial charge in [-0.05, 0) is 62.4 Å². The number of fused-ring (bicyclic) bond motifs is 1. The van der Waals surface area contributed by atoms with E-state index in [0.29, 0.717) is 38.3 Å². The van der Waals surface area contributed by atoms with Gasteiger partial charge < -0.3 is 14.8 Å². The van der Waals surface area contributed by atoms with Crippen molar-refractivity contribution in [3.8, 4) is 0 Å². The minimum Gasteiger partial charge on any atom is -0.461 e. The Labute approximate surface area is 218 Å². The number of aryl methyl sites for hydroxylation is 1. The van der Waals surface area contributed by atoms with Crippen LogP contribution in [0, 0.1) is 10.8 Å². The molecule has 1 aromatic heterocycles. The van der Waals surface area contributed by atoms with Crippen LogP contribution in [-0.4, -0.2) is 63.5 Å². The predicted octanol–water partition coefficient (Wildman–Crippen LogP) is 2.32. The molecule has 202 valence electrons. The van der Waals surface area contributed by atoms with Crippen LogP contribution in [0.15, 0.2) is 29.2 Å². The second kappa shape index (κ2) is 10.5. The van der Waals surface area contributed by atoms with E-state index in [1.54, 1.807) is 0 Å². The fourth-order valence-corrected chi connectivity index (χ4v) is 5.72. The molecule has 1 aromatic carbocycles. The zero-order valence-corrected chi connectivity index (χ0v) is 22.7. The topological polar surface area (TPSA) is 129 Å². The van der Waals surface area contributed by atoms with E-state index in [0.717, 1.165) is 30.7 Å². The maximum atomic E-state index is 13.1. The molecule has 10 nitrogen and oxygen atoms in total. The first-order valence-corrected chi connectivity index (χ1v) is 14.1. The van der Waals surface area contributed by atoms with Gasteiger partial charge in [-0.25, -0.2) is 17.9 Å². The first kappa shape index (κ1) is 27.3. The molecule has 4 rings (SSSR count). The summed E-state index contributed by atoms with van der Waals surface area (Å²) in [6.45, 7) is 8.57. The summed E-state index contributed by atoms with van der Waals surface area (Å²) in [5.41, 5.74) is 2.14. The second-order valence-electron chi connectivity index (χ2n) is 10.7. The molecular formula is C26H36N4O6S. The fourth-order valence-electron chi connectivity index (χ4n) is 4.99. The Morgan fingerprint density at radius 1 is 1.24 bits per heavy atom. The Bertz CT molecular complexity index is 1260. The van der Waals surface area contributed by atoms with Crippen LogP contribution in [0.2, 0.25) is 0 Å². The summed E-state index contributed by atoms with van der Waals surface area (Å²) in [5.74, 6) is -0.606. The Kier molecular flexibility index (Phi) is 7.77. The third-order valence-corrected chi connectivity index (χ3v) is 8.68. The summed E-state index contributed by atoms with van der Waals surface area (Å²) in [5, 5.41) is 7.94. The molecule has 0 unspecified atom stereocenters. The SMILES string of the molecule is CCc1nn(CC(C)(C)COC(=O)c2ccc(S(=O)(=O)NC)cc2)c2c1C(=O)NCC1(CCOCC1)C2. The van der Waals surface area contributed by atoms with Gasteiger partial charge in [0.25, 0.3) is 5.91 Å². The molecule has 2 aromatic rings. The molecule has 3 heterocycles. The number of rotatable bonds is 8. The molecule has 11 heteroatoms. The summed E-state index contributed by atoms with van der Waals surface area (Å²) < 4.78 is 39.2. The molecule has 0 saturated carbocycles. The molecule has 1 saturated heterocycles. The summed E-state index contributed by atoms with van der Waals surface area (Å²) in [6.07, 6.45) is 3.16. The molecule has 1 amide bonds. The number of nitrogens with one attached hydrogen (secondary N) is 2. The molecule has 1 fully saturated rings. The summed E-state index contributed by atoms with van der Waals surface area (Å²) in [4.78, 5) is 25.8. The Morgan fingerprint density at radius 3 is 2.54 bits per heavy atom. The van der Waals surface area contributed by atoms with Gasteiger partial charge in [0, 0.05) is 31.7 Å². The van der Waals surface area contributed by atoms with Gasteiger partial charge in [0.15, 0.2) is 0 Å². The van der Waals surface area contributed by atoms with Gasteiger partial charge >= 0.3 is 5.97 Å². The van der Waals surface area contributed by atoms with Gasteiger partial charge in [0.2, 0.25) is 10.0 Å². The van der Waals surface area contributed by atoms with Crippen LogP contribution in [0.4, 0.5) is 0 Å². The zero-order chi connectivity index (χ0) is 26.8. The first-order valence-electron chi connectivity index (χ1n) is 12.6. The maximum Gasteiger partial charge on any atom is 0.338 e. The molecule has 2 aliphatic rings. The van der Waals surface area contributed by atoms with Crippen molar-refractivity contribution >= 4 is 21.9 Å². The van der Waals surface area contributed by atoms with Crippen molar-refractivity contribution < 1.29 is 27.5 Å². The van der Waals surface area contributed by atoms with E-state index in [-0.39, 0.29) is 28.4 Å². The smallest absolute Gasteiger partial charge is 0.338 e. The highest BCUT2D eigenvalue weighted by molar-refractivity contribution is 7.89. The minimum atomic E-state index is -3.58. The number of nitrogens with zero attached hydrogens (tertiary/aromatic N) is 2. The average molecular weight is 533 g/mol. The first-order chi connectivity index (χ1) is 17.5. The number of esters is 1. The van der Waals surface area contributed by atoms with Crippen molar-refractivity contribution in [2.45, 2.75) is 57.9 Å². The van der Waals surface area contributed by atoms with Crippen LogP contribution in [0.25, 0.3) is 0 Å². The highest BCUT2D eigenvalue weighted by atomic mass is 32.2. The van der Waals surface area contributed by atoms with Gasteiger partial charge in [-0.1, -0.05) is 20.8 Å². The third kappa shape index (κ3) is 5.89. The van der Waals surface area contributed by atoms with Crippen molar-refractivity contribution in [2.75, 3.05) is 33.4 Å². The molecule has 0 atom stereocenters. The largest absolute Gasteiger partial charge is 0.461 e. The van der Waals surface area contributed by atoms with E-state index in [4.69, 9.17) is 14.6 Å². The van der Waals surface area contributed by atoms with Crippen LogP contribution in [-0.2, 0) is 38.9 Å². The van der Waals surface area contributed by atoms with Crippen molar-refractivity contribution in [1.29, 1.82) is 0 Å². The average Bonchev–Trinajstić information content (AvgIpc) is 3.15. The van der Waals surface area contributed by atoms with Gasteiger partial charge in [0.05, 0.1) is 34.0 Å². The molecule has 2 N–H and O–H groups in total. The monoisotopic (exact) mass is 532 g/mol. The van der Waals surface area contributed by atoms with E-state index < -0.39 is 21.4 Å². The lowest BCUT2D eigenvalue weighted by atomic mass is 9.76.